The molecule has 0 spiro atoms. The van der Waals surface area contributed by atoms with E-state index in [1.165, 1.54) is 0 Å². The van der Waals surface area contributed by atoms with E-state index in [0.717, 1.165) is 36.6 Å². The molecule has 0 saturated heterocycles. The molecular formula is C17H24N6O. The van der Waals surface area contributed by atoms with Crippen LogP contribution in [0.1, 0.15) is 29.6 Å². The van der Waals surface area contributed by atoms with Crippen LogP contribution >= 0.6 is 0 Å². The highest BCUT2D eigenvalue weighted by Gasteiger charge is 2.17. The van der Waals surface area contributed by atoms with Crippen LogP contribution in [0.3, 0.4) is 0 Å². The molecule has 1 aliphatic heterocycles. The van der Waals surface area contributed by atoms with E-state index in [-0.39, 0.29) is 12.5 Å². The van der Waals surface area contributed by atoms with Crippen LogP contribution in [0.25, 0.3) is 0 Å². The molecule has 2 aromatic rings. The van der Waals surface area contributed by atoms with Crippen molar-refractivity contribution in [3.63, 3.8) is 0 Å². The summed E-state index contributed by atoms with van der Waals surface area (Å²) in [4.78, 5) is 4.24. The third kappa shape index (κ3) is 3.73. The molecule has 0 amide bonds. The number of aliphatic hydroxyl groups is 1. The topological polar surface area (TPSA) is 87.4 Å². The summed E-state index contributed by atoms with van der Waals surface area (Å²) in [5.74, 6) is 2.73. The minimum Gasteiger partial charge on any atom is -0.396 e. The lowest BCUT2D eigenvalue weighted by molar-refractivity contribution is 0.265. The first-order chi connectivity index (χ1) is 11.8. The summed E-state index contributed by atoms with van der Waals surface area (Å²) < 4.78 is 2.17. The van der Waals surface area contributed by atoms with Crippen LogP contribution in [0.2, 0.25) is 0 Å². The summed E-state index contributed by atoms with van der Waals surface area (Å²) in [5, 5.41) is 24.6. The number of nitrogens with one attached hydrogen (secondary N) is 2. The third-order valence-electron chi connectivity index (χ3n) is 4.33. The van der Waals surface area contributed by atoms with Gasteiger partial charge in [-0.3, -0.25) is 4.99 Å². The molecule has 3 rings (SSSR count). The van der Waals surface area contributed by atoms with Gasteiger partial charge in [0.25, 0.3) is 0 Å². The number of nitrogens with zero attached hydrogens (tertiary/aromatic N) is 4. The minimum atomic E-state index is 0.0297. The zero-order valence-corrected chi connectivity index (χ0v) is 13.9. The number of hydrogen-bond donors (Lipinski definition) is 3. The lowest BCUT2D eigenvalue weighted by Crippen LogP contribution is -2.40. The molecule has 7 nitrogen and oxygen atoms in total. The zero-order valence-electron chi connectivity index (χ0n) is 13.9. The van der Waals surface area contributed by atoms with E-state index in [2.05, 4.69) is 30.4 Å². The van der Waals surface area contributed by atoms with Gasteiger partial charge in [-0.1, -0.05) is 30.3 Å². The number of aliphatic imine (C=N–C) groups is 1. The molecule has 7 heteroatoms. The summed E-state index contributed by atoms with van der Waals surface area (Å²) >= 11 is 0. The van der Waals surface area contributed by atoms with Crippen LogP contribution in [0.5, 0.6) is 0 Å². The maximum atomic E-state index is 9.63. The summed E-state index contributed by atoms with van der Waals surface area (Å²) in [7, 11) is 1.74. The van der Waals surface area contributed by atoms with E-state index < -0.39 is 0 Å². The van der Waals surface area contributed by atoms with E-state index in [4.69, 9.17) is 0 Å². The van der Waals surface area contributed by atoms with Crippen molar-refractivity contribution in [2.45, 2.75) is 31.8 Å². The molecule has 3 N–H and O–H groups in total. The van der Waals surface area contributed by atoms with Crippen LogP contribution in [0.15, 0.2) is 35.3 Å². The Kier molecular flexibility index (Phi) is 5.43. The molecule has 1 aromatic heterocycles. The summed E-state index contributed by atoms with van der Waals surface area (Å²) in [5.41, 5.74) is 1.11. The highest BCUT2D eigenvalue weighted by molar-refractivity contribution is 5.79. The SMILES string of the molecule is CN=C(NCc1nnc2n1CCC2)NCC(CO)c1ccccc1. The summed E-state index contributed by atoms with van der Waals surface area (Å²) in [6, 6.07) is 9.99. The van der Waals surface area contributed by atoms with Crippen molar-refractivity contribution in [3.05, 3.63) is 47.5 Å². The Morgan fingerprint density at radius 2 is 2.12 bits per heavy atom. The molecule has 1 unspecified atom stereocenters. The monoisotopic (exact) mass is 328 g/mol. The number of aliphatic hydroxyl groups excluding tert-OH is 1. The molecule has 1 aliphatic rings. The Hall–Kier alpha value is -2.41. The Balaban J connectivity index is 1.53. The van der Waals surface area contributed by atoms with Gasteiger partial charge < -0.3 is 20.3 Å². The number of benzene rings is 1. The summed E-state index contributed by atoms with van der Waals surface area (Å²) in [6.07, 6.45) is 2.15. The molecule has 0 fully saturated rings. The Morgan fingerprint density at radius 1 is 1.29 bits per heavy atom. The predicted octanol–water partition coefficient (Wildman–Crippen LogP) is 0.665. The zero-order chi connectivity index (χ0) is 16.8. The predicted molar refractivity (Wildman–Crippen MR) is 92.8 cm³/mol. The first kappa shape index (κ1) is 16.4. The van der Waals surface area contributed by atoms with Gasteiger partial charge in [-0.05, 0) is 12.0 Å². The quantitative estimate of drug-likeness (QED) is 0.536. The van der Waals surface area contributed by atoms with E-state index in [0.29, 0.717) is 19.0 Å². The van der Waals surface area contributed by atoms with Gasteiger partial charge in [-0.25, -0.2) is 0 Å². The molecular weight excluding hydrogens is 304 g/mol. The van der Waals surface area contributed by atoms with Crippen molar-refractivity contribution < 1.29 is 5.11 Å². The average molecular weight is 328 g/mol. The Bertz CT molecular complexity index is 682. The molecule has 0 bridgehead atoms. The van der Waals surface area contributed by atoms with Gasteiger partial charge in [0, 0.05) is 32.5 Å². The maximum Gasteiger partial charge on any atom is 0.191 e. The van der Waals surface area contributed by atoms with E-state index in [1.807, 2.05) is 30.3 Å². The fourth-order valence-electron chi connectivity index (χ4n) is 2.96. The van der Waals surface area contributed by atoms with Crippen LogP contribution < -0.4 is 10.6 Å². The number of guanidine groups is 1. The Morgan fingerprint density at radius 3 is 2.88 bits per heavy atom. The standard InChI is InChI=1S/C17H24N6O/c1-18-17(19-10-14(12-24)13-6-3-2-4-7-13)20-11-16-22-21-15-8-5-9-23(15)16/h2-4,6-7,14,24H,5,8-12H2,1H3,(H2,18,19,20). The lowest BCUT2D eigenvalue weighted by Gasteiger charge is -2.18. The number of rotatable bonds is 6. The van der Waals surface area contributed by atoms with Crippen LogP contribution in [0.4, 0.5) is 0 Å². The van der Waals surface area contributed by atoms with Crippen LogP contribution in [-0.2, 0) is 19.5 Å². The molecule has 24 heavy (non-hydrogen) atoms. The highest BCUT2D eigenvalue weighted by atomic mass is 16.3. The van der Waals surface area contributed by atoms with E-state index in [1.54, 1.807) is 7.05 Å². The second-order valence-corrected chi connectivity index (χ2v) is 5.88. The van der Waals surface area contributed by atoms with Crippen molar-refractivity contribution in [1.82, 2.24) is 25.4 Å². The van der Waals surface area contributed by atoms with Crippen LogP contribution in [0, 0.1) is 0 Å². The first-order valence-electron chi connectivity index (χ1n) is 8.33. The van der Waals surface area contributed by atoms with Gasteiger partial charge in [-0.15, -0.1) is 10.2 Å². The van der Waals surface area contributed by atoms with Gasteiger partial charge in [0.05, 0.1) is 13.2 Å². The maximum absolute atomic E-state index is 9.63. The van der Waals surface area contributed by atoms with Crippen molar-refractivity contribution in [2.75, 3.05) is 20.2 Å². The van der Waals surface area contributed by atoms with Gasteiger partial charge in [0.1, 0.15) is 5.82 Å². The molecule has 128 valence electrons. The molecule has 1 atom stereocenters. The van der Waals surface area contributed by atoms with E-state index in [9.17, 15) is 5.11 Å². The molecule has 0 radical (unpaired) electrons. The van der Waals surface area contributed by atoms with Gasteiger partial charge >= 0.3 is 0 Å². The molecule has 0 aliphatic carbocycles. The van der Waals surface area contributed by atoms with Crippen molar-refractivity contribution in [2.24, 2.45) is 4.99 Å². The fraction of sp³-hybridized carbons (Fsp3) is 0.471. The summed E-state index contributed by atoms with van der Waals surface area (Å²) in [6.45, 7) is 2.28. The highest BCUT2D eigenvalue weighted by Crippen LogP contribution is 2.14. The smallest absolute Gasteiger partial charge is 0.191 e. The Labute approximate surface area is 141 Å². The van der Waals surface area contributed by atoms with Crippen molar-refractivity contribution in [1.29, 1.82) is 0 Å². The second-order valence-electron chi connectivity index (χ2n) is 5.88. The molecule has 0 saturated carbocycles. The van der Waals surface area contributed by atoms with Crippen molar-refractivity contribution >= 4 is 5.96 Å². The van der Waals surface area contributed by atoms with Gasteiger partial charge in [-0.2, -0.15) is 0 Å². The number of aryl methyl sites for hydroxylation is 1. The average Bonchev–Trinajstić information content (AvgIpc) is 3.23. The largest absolute Gasteiger partial charge is 0.396 e. The third-order valence-corrected chi connectivity index (χ3v) is 4.33. The van der Waals surface area contributed by atoms with Gasteiger partial charge in [0.2, 0.25) is 0 Å². The minimum absolute atomic E-state index is 0.0297. The molecule has 1 aromatic carbocycles. The van der Waals surface area contributed by atoms with Gasteiger partial charge in [0.15, 0.2) is 11.8 Å². The lowest BCUT2D eigenvalue weighted by atomic mass is 10.0. The fourth-order valence-corrected chi connectivity index (χ4v) is 2.96. The van der Waals surface area contributed by atoms with Crippen LogP contribution in [-0.4, -0.2) is 46.0 Å². The van der Waals surface area contributed by atoms with Crippen molar-refractivity contribution in [3.8, 4) is 0 Å². The van der Waals surface area contributed by atoms with E-state index >= 15 is 0 Å². The number of aromatic nitrogens is 3. The number of hydrogen-bond acceptors (Lipinski definition) is 4. The second kappa shape index (κ2) is 7.92. The first-order valence-corrected chi connectivity index (χ1v) is 8.33. The molecule has 2 heterocycles. The normalized spacial score (nSPS) is 15.2. The number of fused-ring (bicyclic) bond motifs is 1.